The monoisotopic (exact) mass is 243 g/mol. The molecule has 3 N–H and O–H groups in total. The number of methoxy groups -OCH3 is 1. The smallest absolute Gasteiger partial charge is 0.234 e. The van der Waals surface area contributed by atoms with Gasteiger partial charge in [-0.25, -0.2) is 0 Å². The van der Waals surface area contributed by atoms with Crippen molar-refractivity contribution in [3.63, 3.8) is 0 Å². The number of carbonyl (C=O) groups is 1. The molecule has 100 valence electrons. The van der Waals surface area contributed by atoms with Crippen LogP contribution in [0.4, 0.5) is 0 Å². The Balaban J connectivity index is 2.12. The Morgan fingerprint density at radius 3 is 3.12 bits per heavy atom. The molecule has 1 atom stereocenters. The quantitative estimate of drug-likeness (QED) is 0.608. The molecule has 0 bridgehead atoms. The Bertz CT molecular complexity index is 224. The molecule has 1 aliphatic heterocycles. The van der Waals surface area contributed by atoms with Crippen molar-refractivity contribution >= 4 is 5.91 Å². The van der Waals surface area contributed by atoms with Crippen LogP contribution in [-0.4, -0.2) is 57.2 Å². The molecule has 1 aliphatic rings. The van der Waals surface area contributed by atoms with Gasteiger partial charge in [-0.15, -0.1) is 0 Å². The van der Waals surface area contributed by atoms with Crippen molar-refractivity contribution in [1.29, 1.82) is 0 Å². The molecular formula is C12H25N3O2. The van der Waals surface area contributed by atoms with Gasteiger partial charge < -0.3 is 15.8 Å². The number of carbonyl (C=O) groups excluding carboxylic acids is 1. The third-order valence-corrected chi connectivity index (χ3v) is 3.15. The number of nitrogens with one attached hydrogen (secondary N) is 1. The Morgan fingerprint density at radius 2 is 2.41 bits per heavy atom. The lowest BCUT2D eigenvalue weighted by Crippen LogP contribution is -2.44. The standard InChI is InChI=1S/C12H25N3O2/c1-17-7-3-5-14-12(16)10-15-6-2-4-11(8-13)9-15/h11H,2-10,13H2,1H3,(H,14,16)/t11-/m1/s1. The maximum absolute atomic E-state index is 11.6. The van der Waals surface area contributed by atoms with Gasteiger partial charge in [-0.05, 0) is 38.3 Å². The minimum absolute atomic E-state index is 0.110. The average Bonchev–Trinajstić information content (AvgIpc) is 2.35. The molecule has 0 aromatic heterocycles. The van der Waals surface area contributed by atoms with E-state index >= 15 is 0 Å². The van der Waals surface area contributed by atoms with Crippen LogP contribution in [0.25, 0.3) is 0 Å². The van der Waals surface area contributed by atoms with Gasteiger partial charge in [0.15, 0.2) is 0 Å². The fourth-order valence-corrected chi connectivity index (χ4v) is 2.19. The molecule has 1 fully saturated rings. The Kier molecular flexibility index (Phi) is 7.16. The van der Waals surface area contributed by atoms with E-state index in [1.807, 2.05) is 0 Å². The molecule has 0 radical (unpaired) electrons. The van der Waals surface area contributed by atoms with Crippen molar-refractivity contribution < 1.29 is 9.53 Å². The first-order chi connectivity index (χ1) is 8.26. The van der Waals surface area contributed by atoms with Gasteiger partial charge in [-0.1, -0.05) is 0 Å². The summed E-state index contributed by atoms with van der Waals surface area (Å²) < 4.78 is 4.93. The van der Waals surface area contributed by atoms with Gasteiger partial charge in [-0.2, -0.15) is 0 Å². The van der Waals surface area contributed by atoms with Gasteiger partial charge in [0.25, 0.3) is 0 Å². The highest BCUT2D eigenvalue weighted by Crippen LogP contribution is 2.14. The summed E-state index contributed by atoms with van der Waals surface area (Å²) in [5.41, 5.74) is 5.67. The summed E-state index contributed by atoms with van der Waals surface area (Å²) in [5, 5.41) is 2.91. The number of nitrogens with two attached hydrogens (primary N) is 1. The molecular weight excluding hydrogens is 218 g/mol. The lowest BCUT2D eigenvalue weighted by Gasteiger charge is -2.31. The van der Waals surface area contributed by atoms with Crippen molar-refractivity contribution in [3.05, 3.63) is 0 Å². The van der Waals surface area contributed by atoms with E-state index in [-0.39, 0.29) is 5.91 Å². The van der Waals surface area contributed by atoms with Crippen LogP contribution in [0.5, 0.6) is 0 Å². The van der Waals surface area contributed by atoms with E-state index in [9.17, 15) is 4.79 Å². The summed E-state index contributed by atoms with van der Waals surface area (Å²) in [5.74, 6) is 0.670. The molecule has 1 saturated heterocycles. The largest absolute Gasteiger partial charge is 0.385 e. The maximum atomic E-state index is 11.6. The number of rotatable bonds is 7. The van der Waals surface area contributed by atoms with E-state index in [4.69, 9.17) is 10.5 Å². The zero-order valence-electron chi connectivity index (χ0n) is 10.8. The van der Waals surface area contributed by atoms with Crippen LogP contribution in [-0.2, 0) is 9.53 Å². The molecule has 1 rings (SSSR count). The van der Waals surface area contributed by atoms with Gasteiger partial charge >= 0.3 is 0 Å². The van der Waals surface area contributed by atoms with Gasteiger partial charge in [0, 0.05) is 26.8 Å². The lowest BCUT2D eigenvalue weighted by molar-refractivity contribution is -0.122. The number of hydrogen-bond acceptors (Lipinski definition) is 4. The molecule has 5 heteroatoms. The molecule has 1 heterocycles. The maximum Gasteiger partial charge on any atom is 0.234 e. The summed E-state index contributed by atoms with van der Waals surface area (Å²) >= 11 is 0. The summed E-state index contributed by atoms with van der Waals surface area (Å²) in [6, 6.07) is 0. The van der Waals surface area contributed by atoms with Gasteiger partial charge in [-0.3, -0.25) is 9.69 Å². The highest BCUT2D eigenvalue weighted by molar-refractivity contribution is 5.77. The summed E-state index contributed by atoms with van der Waals surface area (Å²) in [4.78, 5) is 13.8. The van der Waals surface area contributed by atoms with Crippen LogP contribution in [0.15, 0.2) is 0 Å². The average molecular weight is 243 g/mol. The normalized spacial score (nSPS) is 21.4. The van der Waals surface area contributed by atoms with Crippen LogP contribution < -0.4 is 11.1 Å². The highest BCUT2D eigenvalue weighted by Gasteiger charge is 2.20. The van der Waals surface area contributed by atoms with E-state index in [0.29, 0.717) is 25.6 Å². The molecule has 5 nitrogen and oxygen atoms in total. The van der Waals surface area contributed by atoms with Crippen LogP contribution in [0.1, 0.15) is 19.3 Å². The zero-order chi connectivity index (χ0) is 12.5. The molecule has 0 aromatic carbocycles. The van der Waals surface area contributed by atoms with Gasteiger partial charge in [0.05, 0.1) is 6.54 Å². The van der Waals surface area contributed by atoms with E-state index in [0.717, 1.165) is 32.5 Å². The molecule has 0 spiro atoms. The second-order valence-corrected chi connectivity index (χ2v) is 4.68. The highest BCUT2D eigenvalue weighted by atomic mass is 16.5. The third kappa shape index (κ3) is 6.00. The van der Waals surface area contributed by atoms with E-state index in [2.05, 4.69) is 10.2 Å². The summed E-state index contributed by atoms with van der Waals surface area (Å²) in [6.07, 6.45) is 3.22. The minimum atomic E-state index is 0.110. The third-order valence-electron chi connectivity index (χ3n) is 3.15. The number of nitrogens with zero attached hydrogens (tertiary/aromatic N) is 1. The fraction of sp³-hybridized carbons (Fsp3) is 0.917. The minimum Gasteiger partial charge on any atom is -0.385 e. The Morgan fingerprint density at radius 1 is 1.59 bits per heavy atom. The molecule has 0 aromatic rings. The van der Waals surface area contributed by atoms with Crippen molar-refractivity contribution in [2.75, 3.05) is 46.4 Å². The van der Waals surface area contributed by atoms with Crippen molar-refractivity contribution in [2.45, 2.75) is 19.3 Å². The first-order valence-electron chi connectivity index (χ1n) is 6.44. The molecule has 0 aliphatic carbocycles. The molecule has 17 heavy (non-hydrogen) atoms. The van der Waals surface area contributed by atoms with E-state index in [1.165, 1.54) is 6.42 Å². The molecule has 0 unspecified atom stereocenters. The van der Waals surface area contributed by atoms with Gasteiger partial charge in [0.2, 0.25) is 5.91 Å². The SMILES string of the molecule is COCCCNC(=O)CN1CCC[C@H](CN)C1. The van der Waals surface area contributed by atoms with Crippen LogP contribution >= 0.6 is 0 Å². The second-order valence-electron chi connectivity index (χ2n) is 4.68. The molecule has 1 amide bonds. The van der Waals surface area contributed by atoms with Crippen molar-refractivity contribution in [2.24, 2.45) is 11.7 Å². The number of amides is 1. The fourth-order valence-electron chi connectivity index (χ4n) is 2.19. The number of piperidine rings is 1. The second kappa shape index (κ2) is 8.44. The number of likely N-dealkylation sites (tertiary alicyclic amines) is 1. The summed E-state index contributed by atoms with van der Waals surface area (Å²) in [6.45, 7) is 4.60. The van der Waals surface area contributed by atoms with Crippen LogP contribution in [0.2, 0.25) is 0 Å². The van der Waals surface area contributed by atoms with E-state index in [1.54, 1.807) is 7.11 Å². The predicted octanol–water partition coefficient (Wildman–Crippen LogP) is -0.190. The lowest BCUT2D eigenvalue weighted by atomic mass is 9.98. The van der Waals surface area contributed by atoms with Crippen LogP contribution in [0, 0.1) is 5.92 Å². The first kappa shape index (κ1) is 14.4. The van der Waals surface area contributed by atoms with Crippen LogP contribution in [0.3, 0.4) is 0 Å². The number of hydrogen-bond donors (Lipinski definition) is 2. The molecule has 0 saturated carbocycles. The first-order valence-corrected chi connectivity index (χ1v) is 6.44. The Labute approximate surface area is 104 Å². The van der Waals surface area contributed by atoms with Crippen molar-refractivity contribution in [1.82, 2.24) is 10.2 Å². The van der Waals surface area contributed by atoms with Gasteiger partial charge in [0.1, 0.15) is 0 Å². The van der Waals surface area contributed by atoms with E-state index < -0.39 is 0 Å². The number of ether oxygens (including phenoxy) is 1. The summed E-state index contributed by atoms with van der Waals surface area (Å²) in [7, 11) is 1.67. The zero-order valence-corrected chi connectivity index (χ0v) is 10.8. The van der Waals surface area contributed by atoms with Crippen molar-refractivity contribution in [3.8, 4) is 0 Å². The Hall–Kier alpha value is -0.650. The predicted molar refractivity (Wildman–Crippen MR) is 67.7 cm³/mol. The topological polar surface area (TPSA) is 67.6 Å².